The molecule has 0 fully saturated rings. The Hall–Kier alpha value is -1.88. The van der Waals surface area contributed by atoms with E-state index < -0.39 is 0 Å². The van der Waals surface area contributed by atoms with Crippen molar-refractivity contribution in [3.05, 3.63) is 40.4 Å². The van der Waals surface area contributed by atoms with Crippen molar-refractivity contribution in [2.45, 2.75) is 6.92 Å². The van der Waals surface area contributed by atoms with Crippen LogP contribution in [-0.2, 0) is 14.1 Å². The van der Waals surface area contributed by atoms with Gasteiger partial charge >= 0.3 is 0 Å². The predicted molar refractivity (Wildman–Crippen MR) is 69.5 cm³/mol. The molecule has 0 aliphatic rings. The maximum atomic E-state index is 11.9. The van der Waals surface area contributed by atoms with E-state index in [2.05, 4.69) is 10.2 Å². The van der Waals surface area contributed by atoms with Gasteiger partial charge in [0, 0.05) is 31.5 Å². The molecular weight excluding hydrogens is 252 g/mol. The first-order valence-electron chi connectivity index (χ1n) is 5.39. The Labute approximate surface area is 110 Å². The Morgan fingerprint density at radius 2 is 2.17 bits per heavy atom. The van der Waals surface area contributed by atoms with Crippen molar-refractivity contribution in [1.82, 2.24) is 19.6 Å². The van der Waals surface area contributed by atoms with Gasteiger partial charge in [0.05, 0.1) is 11.2 Å². The standard InChI is InChI=1S/C12H13ClN4O/c1-8-9(6-14-17(8)3)4-5-11(18)12-10(13)7-16(2)15-12/h4-7H,1-3H3/b5-4+. The Kier molecular flexibility index (Phi) is 3.34. The normalized spacial score (nSPS) is 11.3. The first-order valence-corrected chi connectivity index (χ1v) is 5.77. The summed E-state index contributed by atoms with van der Waals surface area (Å²) in [7, 11) is 3.57. The van der Waals surface area contributed by atoms with E-state index in [0.29, 0.717) is 5.02 Å². The number of allylic oxidation sites excluding steroid dienone is 1. The number of rotatable bonds is 3. The average Bonchev–Trinajstić information content (AvgIpc) is 2.81. The number of hydrogen-bond donors (Lipinski definition) is 0. The first-order chi connectivity index (χ1) is 8.49. The minimum atomic E-state index is -0.219. The Morgan fingerprint density at radius 1 is 1.44 bits per heavy atom. The van der Waals surface area contributed by atoms with Gasteiger partial charge in [-0.3, -0.25) is 14.2 Å². The van der Waals surface area contributed by atoms with E-state index >= 15 is 0 Å². The lowest BCUT2D eigenvalue weighted by Crippen LogP contribution is -1.98. The summed E-state index contributed by atoms with van der Waals surface area (Å²) in [5.41, 5.74) is 2.15. The molecule has 6 heteroatoms. The zero-order valence-electron chi connectivity index (χ0n) is 10.4. The van der Waals surface area contributed by atoms with Crippen molar-refractivity contribution < 1.29 is 4.79 Å². The summed E-state index contributed by atoms with van der Waals surface area (Å²) in [6.45, 7) is 1.94. The second-order valence-corrected chi connectivity index (χ2v) is 4.41. The van der Waals surface area contributed by atoms with Crippen molar-refractivity contribution in [2.75, 3.05) is 0 Å². The van der Waals surface area contributed by atoms with E-state index in [4.69, 9.17) is 11.6 Å². The highest BCUT2D eigenvalue weighted by Gasteiger charge is 2.12. The molecule has 0 unspecified atom stereocenters. The quantitative estimate of drug-likeness (QED) is 0.629. The van der Waals surface area contributed by atoms with Crippen molar-refractivity contribution in [1.29, 1.82) is 0 Å². The lowest BCUT2D eigenvalue weighted by molar-refractivity contribution is 0.104. The molecule has 0 bridgehead atoms. The van der Waals surface area contributed by atoms with E-state index in [1.54, 1.807) is 30.2 Å². The topological polar surface area (TPSA) is 52.7 Å². The lowest BCUT2D eigenvalue weighted by Gasteiger charge is -1.94. The fourth-order valence-corrected chi connectivity index (χ4v) is 1.82. The van der Waals surface area contributed by atoms with Gasteiger partial charge in [-0.25, -0.2) is 0 Å². The summed E-state index contributed by atoms with van der Waals surface area (Å²) in [6.07, 6.45) is 6.48. The van der Waals surface area contributed by atoms with E-state index in [0.717, 1.165) is 11.3 Å². The highest BCUT2D eigenvalue weighted by molar-refractivity contribution is 6.34. The number of nitrogens with zero attached hydrogens (tertiary/aromatic N) is 4. The van der Waals surface area contributed by atoms with Gasteiger partial charge in [-0.1, -0.05) is 11.6 Å². The molecule has 0 N–H and O–H groups in total. The largest absolute Gasteiger partial charge is 0.287 e. The number of ketones is 1. The molecule has 2 heterocycles. The zero-order chi connectivity index (χ0) is 13.3. The molecule has 0 saturated heterocycles. The van der Waals surface area contributed by atoms with Gasteiger partial charge < -0.3 is 0 Å². The minimum absolute atomic E-state index is 0.219. The van der Waals surface area contributed by atoms with E-state index in [9.17, 15) is 4.79 Å². The summed E-state index contributed by atoms with van der Waals surface area (Å²) >= 11 is 5.90. The highest BCUT2D eigenvalue weighted by atomic mass is 35.5. The second-order valence-electron chi connectivity index (χ2n) is 4.01. The fraction of sp³-hybridized carbons (Fsp3) is 0.250. The van der Waals surface area contributed by atoms with Crippen LogP contribution < -0.4 is 0 Å². The predicted octanol–water partition coefficient (Wildman–Crippen LogP) is 2.01. The monoisotopic (exact) mass is 264 g/mol. The zero-order valence-corrected chi connectivity index (χ0v) is 11.1. The van der Waals surface area contributed by atoms with Crippen LogP contribution in [0.3, 0.4) is 0 Å². The van der Waals surface area contributed by atoms with Crippen LogP contribution in [0, 0.1) is 6.92 Å². The number of halogens is 1. The first kappa shape index (κ1) is 12.6. The summed E-state index contributed by atoms with van der Waals surface area (Å²) in [5.74, 6) is -0.219. The van der Waals surface area contributed by atoms with E-state index in [-0.39, 0.29) is 11.5 Å². The van der Waals surface area contributed by atoms with Crippen LogP contribution in [0.4, 0.5) is 0 Å². The summed E-state index contributed by atoms with van der Waals surface area (Å²) in [5, 5.41) is 8.47. The number of aryl methyl sites for hydroxylation is 2. The highest BCUT2D eigenvalue weighted by Crippen LogP contribution is 2.15. The van der Waals surface area contributed by atoms with E-state index in [1.165, 1.54) is 10.8 Å². The molecule has 5 nitrogen and oxygen atoms in total. The third-order valence-electron chi connectivity index (χ3n) is 2.71. The molecular formula is C12H13ClN4O. The lowest BCUT2D eigenvalue weighted by atomic mass is 10.2. The third-order valence-corrected chi connectivity index (χ3v) is 2.98. The maximum Gasteiger partial charge on any atom is 0.207 e. The summed E-state index contributed by atoms with van der Waals surface area (Å²) < 4.78 is 3.26. The minimum Gasteiger partial charge on any atom is -0.287 e. The van der Waals surface area contributed by atoms with Gasteiger partial charge in [0.25, 0.3) is 0 Å². The van der Waals surface area contributed by atoms with Crippen molar-refractivity contribution in [3.63, 3.8) is 0 Å². The molecule has 0 spiro atoms. The number of carbonyl (C=O) groups excluding carboxylic acids is 1. The van der Waals surface area contributed by atoms with Crippen LogP contribution in [0.15, 0.2) is 18.5 Å². The van der Waals surface area contributed by atoms with Crippen LogP contribution in [0.5, 0.6) is 0 Å². The Morgan fingerprint density at radius 3 is 2.67 bits per heavy atom. The van der Waals surface area contributed by atoms with Crippen LogP contribution in [0.25, 0.3) is 6.08 Å². The molecule has 2 aromatic rings. The molecule has 0 atom stereocenters. The van der Waals surface area contributed by atoms with Gasteiger partial charge in [-0.15, -0.1) is 0 Å². The van der Waals surface area contributed by atoms with Crippen molar-refractivity contribution in [3.8, 4) is 0 Å². The van der Waals surface area contributed by atoms with Gasteiger partial charge in [-0.2, -0.15) is 10.2 Å². The Bertz CT molecular complexity index is 624. The molecule has 0 aliphatic heterocycles. The molecule has 0 amide bonds. The van der Waals surface area contributed by atoms with Gasteiger partial charge in [-0.05, 0) is 19.1 Å². The molecule has 18 heavy (non-hydrogen) atoms. The van der Waals surface area contributed by atoms with Crippen molar-refractivity contribution in [2.24, 2.45) is 14.1 Å². The number of aromatic nitrogens is 4. The van der Waals surface area contributed by atoms with Gasteiger partial charge in [0.15, 0.2) is 5.69 Å². The summed E-state index contributed by atoms with van der Waals surface area (Å²) in [6, 6.07) is 0. The van der Waals surface area contributed by atoms with Crippen molar-refractivity contribution >= 4 is 23.5 Å². The molecule has 0 aromatic carbocycles. The van der Waals surface area contributed by atoms with Crippen LogP contribution in [0.2, 0.25) is 5.02 Å². The van der Waals surface area contributed by atoms with Crippen LogP contribution in [0.1, 0.15) is 21.7 Å². The second kappa shape index (κ2) is 4.78. The van der Waals surface area contributed by atoms with Crippen LogP contribution >= 0.6 is 11.6 Å². The summed E-state index contributed by atoms with van der Waals surface area (Å²) in [4.78, 5) is 11.9. The average molecular weight is 265 g/mol. The fourth-order valence-electron chi connectivity index (χ4n) is 1.55. The van der Waals surface area contributed by atoms with Gasteiger partial charge in [0.2, 0.25) is 5.78 Å². The maximum absolute atomic E-state index is 11.9. The number of hydrogen-bond acceptors (Lipinski definition) is 3. The molecule has 0 aliphatic carbocycles. The molecule has 2 aromatic heterocycles. The smallest absolute Gasteiger partial charge is 0.207 e. The SMILES string of the molecule is Cc1c(/C=C/C(=O)c2nn(C)cc2Cl)cnn1C. The van der Waals surface area contributed by atoms with Gasteiger partial charge in [0.1, 0.15) is 0 Å². The third kappa shape index (κ3) is 2.36. The van der Waals surface area contributed by atoms with E-state index in [1.807, 2.05) is 14.0 Å². The molecule has 94 valence electrons. The molecule has 0 saturated carbocycles. The van der Waals surface area contributed by atoms with Crippen LogP contribution in [-0.4, -0.2) is 25.3 Å². The number of carbonyl (C=O) groups is 1. The Balaban J connectivity index is 2.22. The molecule has 2 rings (SSSR count). The molecule has 0 radical (unpaired) electrons.